The molecule has 0 spiro atoms. The Morgan fingerprint density at radius 3 is 1.44 bits per heavy atom. The van der Waals surface area contributed by atoms with Crippen molar-refractivity contribution < 1.29 is 127 Å². The van der Waals surface area contributed by atoms with E-state index >= 15 is 0 Å². The first-order chi connectivity index (χ1) is 5.68. The van der Waals surface area contributed by atoms with Gasteiger partial charge in [-0.3, -0.25) is 14.2 Å². The zero-order valence-corrected chi connectivity index (χ0v) is 16.5. The largest absolute Gasteiger partial charge is 1.00 e. The quantitative estimate of drug-likeness (QED) is 0.297. The van der Waals surface area contributed by atoms with Gasteiger partial charge in [0, 0.05) is 0 Å². The fourth-order valence-electron chi connectivity index (χ4n) is 0.784. The van der Waals surface area contributed by atoms with Crippen LogP contribution in [0.1, 0.15) is 11.2 Å². The van der Waals surface area contributed by atoms with Gasteiger partial charge in [0.15, 0.2) is 5.66 Å². The van der Waals surface area contributed by atoms with Gasteiger partial charge in [-0.25, -0.2) is 0 Å². The van der Waals surface area contributed by atoms with Gasteiger partial charge in [0.05, 0.1) is 5.92 Å². The standard InChI is InChI=1S/C5H9O7P.3Na.3H/c1-2(4(6)7)3(5(8)9)13(10,11)12;;;;;;/h2-3H,1H3,(H,6,7)(H,8,9)(H2,10,11,12);;;;;;/q;3*+1;3*-1. The molecule has 0 fully saturated rings. The summed E-state index contributed by atoms with van der Waals surface area (Å²) >= 11 is 0. The Balaban J connectivity index is -0.0000000480. The molecule has 0 aliphatic heterocycles. The molecule has 0 aromatic heterocycles. The molecule has 0 heterocycles. The zero-order valence-electron chi connectivity index (χ0n) is 12.6. The summed E-state index contributed by atoms with van der Waals surface area (Å²) in [7, 11) is -4.92. The molecule has 2 unspecified atom stereocenters. The van der Waals surface area contributed by atoms with Crippen molar-refractivity contribution >= 4 is 19.5 Å². The fraction of sp³-hybridized carbons (Fsp3) is 0.600. The molecule has 82 valence electrons. The molecule has 16 heavy (non-hydrogen) atoms. The summed E-state index contributed by atoms with van der Waals surface area (Å²) in [6.45, 7) is 0.931. The molecule has 0 amide bonds. The Bertz CT molecular complexity index is 289. The summed E-state index contributed by atoms with van der Waals surface area (Å²) < 4.78 is 10.6. The van der Waals surface area contributed by atoms with Crippen LogP contribution in [0.15, 0.2) is 0 Å². The van der Waals surface area contributed by atoms with Gasteiger partial charge in [0.2, 0.25) is 0 Å². The van der Waals surface area contributed by atoms with E-state index in [0.29, 0.717) is 0 Å². The second kappa shape index (κ2) is 11.0. The molecule has 0 aliphatic carbocycles. The molecule has 0 radical (unpaired) electrons. The van der Waals surface area contributed by atoms with Gasteiger partial charge < -0.3 is 24.3 Å². The molecule has 0 rings (SSSR count). The van der Waals surface area contributed by atoms with Crippen LogP contribution >= 0.6 is 7.60 Å². The van der Waals surface area contributed by atoms with Crippen LogP contribution in [0.2, 0.25) is 0 Å². The Kier molecular flexibility index (Phi) is 18.2. The number of rotatable bonds is 4. The zero-order chi connectivity index (χ0) is 10.8. The Morgan fingerprint density at radius 2 is 1.38 bits per heavy atom. The van der Waals surface area contributed by atoms with Crippen molar-refractivity contribution in [2.75, 3.05) is 0 Å². The van der Waals surface area contributed by atoms with E-state index in [4.69, 9.17) is 20.0 Å². The maximum absolute atomic E-state index is 10.6. The molecule has 0 saturated carbocycles. The maximum atomic E-state index is 10.6. The van der Waals surface area contributed by atoms with Crippen molar-refractivity contribution in [1.29, 1.82) is 0 Å². The first kappa shape index (κ1) is 26.6. The molecule has 0 aromatic carbocycles. The van der Waals surface area contributed by atoms with Crippen LogP contribution in [0, 0.1) is 5.92 Å². The number of aliphatic carboxylic acids is 2. The average Bonchev–Trinajstić information content (AvgIpc) is 1.82. The van der Waals surface area contributed by atoms with E-state index in [1.54, 1.807) is 0 Å². The maximum Gasteiger partial charge on any atom is 1.00 e. The van der Waals surface area contributed by atoms with Crippen molar-refractivity contribution in [3.05, 3.63) is 0 Å². The number of hydrogen-bond donors (Lipinski definition) is 4. The molecule has 0 saturated heterocycles. The minimum atomic E-state index is -4.92. The summed E-state index contributed by atoms with van der Waals surface area (Å²) in [5, 5.41) is 16.7. The van der Waals surface area contributed by atoms with Gasteiger partial charge in [-0.15, -0.1) is 0 Å². The van der Waals surface area contributed by atoms with Gasteiger partial charge >= 0.3 is 108 Å². The van der Waals surface area contributed by atoms with Gasteiger partial charge in [-0.05, 0) is 0 Å². The van der Waals surface area contributed by atoms with E-state index < -0.39 is 31.1 Å². The van der Waals surface area contributed by atoms with Crippen LogP contribution in [-0.2, 0) is 14.2 Å². The van der Waals surface area contributed by atoms with Gasteiger partial charge in [-0.2, -0.15) is 0 Å². The van der Waals surface area contributed by atoms with Crippen molar-refractivity contribution in [3.63, 3.8) is 0 Å². The van der Waals surface area contributed by atoms with E-state index in [9.17, 15) is 14.2 Å². The third-order valence-corrected chi connectivity index (χ3v) is 2.87. The van der Waals surface area contributed by atoms with Crippen LogP contribution in [0.5, 0.6) is 0 Å². The summed E-state index contributed by atoms with van der Waals surface area (Å²) in [5.41, 5.74) is -2.19. The van der Waals surface area contributed by atoms with Crippen LogP contribution in [0.3, 0.4) is 0 Å². The predicted octanol–water partition coefficient (Wildman–Crippen LogP) is -9.31. The molecular formula is C5H12Na3O7P. The minimum Gasteiger partial charge on any atom is -1.00 e. The SMILES string of the molecule is CC(C(=O)O)C(C(=O)O)P(=O)(O)O.[H-].[H-].[H-].[Na+].[Na+].[Na+]. The van der Waals surface area contributed by atoms with Crippen molar-refractivity contribution in [2.24, 2.45) is 5.92 Å². The molecule has 0 aliphatic rings. The molecule has 4 N–H and O–H groups in total. The Hall–Kier alpha value is 2.09. The summed E-state index contributed by atoms with van der Waals surface area (Å²) in [6, 6.07) is 0. The molecule has 11 heteroatoms. The van der Waals surface area contributed by atoms with Gasteiger partial charge in [0.1, 0.15) is 0 Å². The average molecular weight is 284 g/mol. The third kappa shape index (κ3) is 9.08. The normalized spacial score (nSPS) is 13.2. The third-order valence-electron chi connectivity index (χ3n) is 1.48. The number of carboxylic acids is 2. The minimum absolute atomic E-state index is 0. The van der Waals surface area contributed by atoms with E-state index in [-0.39, 0.29) is 93.0 Å². The fourth-order valence-corrected chi connectivity index (χ4v) is 1.78. The van der Waals surface area contributed by atoms with Crippen LogP contribution < -0.4 is 88.7 Å². The van der Waals surface area contributed by atoms with E-state index in [1.807, 2.05) is 0 Å². The molecule has 0 aromatic rings. The first-order valence-corrected chi connectivity index (χ1v) is 4.87. The molecule has 0 bridgehead atoms. The summed E-state index contributed by atoms with van der Waals surface area (Å²) in [6.07, 6.45) is 0. The second-order valence-electron chi connectivity index (χ2n) is 2.50. The van der Waals surface area contributed by atoms with Crippen molar-refractivity contribution in [1.82, 2.24) is 0 Å². The Morgan fingerprint density at radius 1 is 1.06 bits per heavy atom. The summed E-state index contributed by atoms with van der Waals surface area (Å²) in [4.78, 5) is 37.7. The number of hydrogen-bond acceptors (Lipinski definition) is 3. The topological polar surface area (TPSA) is 132 Å². The molecule has 7 nitrogen and oxygen atoms in total. The first-order valence-electron chi connectivity index (χ1n) is 3.18. The van der Waals surface area contributed by atoms with E-state index in [0.717, 1.165) is 6.92 Å². The molecular weight excluding hydrogens is 272 g/mol. The van der Waals surface area contributed by atoms with E-state index in [1.165, 1.54) is 0 Å². The van der Waals surface area contributed by atoms with Crippen LogP contribution in [0.25, 0.3) is 0 Å². The predicted molar refractivity (Wildman–Crippen MR) is 43.6 cm³/mol. The monoisotopic (exact) mass is 284 g/mol. The second-order valence-corrected chi connectivity index (χ2v) is 4.23. The van der Waals surface area contributed by atoms with Crippen molar-refractivity contribution in [2.45, 2.75) is 12.6 Å². The van der Waals surface area contributed by atoms with E-state index in [2.05, 4.69) is 0 Å². The smallest absolute Gasteiger partial charge is 1.00 e. The van der Waals surface area contributed by atoms with Crippen molar-refractivity contribution in [3.8, 4) is 0 Å². The summed E-state index contributed by atoms with van der Waals surface area (Å²) in [5.74, 6) is -5.00. The van der Waals surface area contributed by atoms with Crippen LogP contribution in [0.4, 0.5) is 0 Å². The molecule has 2 atom stereocenters. The number of carbonyl (C=O) groups is 2. The Labute approximate surface area is 163 Å². The van der Waals surface area contributed by atoms with Gasteiger partial charge in [-0.1, -0.05) is 6.92 Å². The number of carboxylic acid groups (broad SMARTS) is 2. The van der Waals surface area contributed by atoms with Crippen LogP contribution in [-0.4, -0.2) is 37.6 Å². The van der Waals surface area contributed by atoms with Gasteiger partial charge in [0.25, 0.3) is 0 Å².